The predicted octanol–water partition coefficient (Wildman–Crippen LogP) is 3.30. The van der Waals surface area contributed by atoms with E-state index in [2.05, 4.69) is 17.5 Å². The van der Waals surface area contributed by atoms with Gasteiger partial charge in [0.1, 0.15) is 0 Å². The Balaban J connectivity index is 1.83. The van der Waals surface area contributed by atoms with E-state index in [9.17, 15) is 4.79 Å². The number of benzene rings is 1. The monoisotopic (exact) mass is 279 g/mol. The van der Waals surface area contributed by atoms with Crippen LogP contribution in [0.3, 0.4) is 0 Å². The van der Waals surface area contributed by atoms with Crippen molar-refractivity contribution in [3.05, 3.63) is 66.0 Å². The Morgan fingerprint density at radius 2 is 1.90 bits per heavy atom. The molecule has 21 heavy (non-hydrogen) atoms. The van der Waals surface area contributed by atoms with Gasteiger partial charge in [-0.15, -0.1) is 0 Å². The lowest BCUT2D eigenvalue weighted by molar-refractivity contribution is 0.0955. The third-order valence-electron chi connectivity index (χ3n) is 3.52. The van der Waals surface area contributed by atoms with Crippen molar-refractivity contribution < 1.29 is 4.79 Å². The molecule has 0 atom stereocenters. The molecule has 0 radical (unpaired) electrons. The number of para-hydroxylation sites is 1. The summed E-state index contributed by atoms with van der Waals surface area (Å²) in [6, 6.07) is 11.4. The van der Waals surface area contributed by atoms with Gasteiger partial charge in [-0.2, -0.15) is 5.10 Å². The van der Waals surface area contributed by atoms with E-state index in [1.165, 1.54) is 5.57 Å². The van der Waals surface area contributed by atoms with Gasteiger partial charge < -0.3 is 4.57 Å². The van der Waals surface area contributed by atoms with Crippen LogP contribution < -0.4 is 5.43 Å². The lowest BCUT2D eigenvalue weighted by Crippen LogP contribution is -2.20. The van der Waals surface area contributed by atoms with Crippen molar-refractivity contribution in [1.29, 1.82) is 0 Å². The van der Waals surface area contributed by atoms with Crippen LogP contribution in [0.15, 0.2) is 65.5 Å². The molecule has 1 N–H and O–H groups in total. The lowest BCUT2D eigenvalue weighted by Gasteiger charge is -2.09. The molecule has 1 aliphatic rings. The predicted molar refractivity (Wildman–Crippen MR) is 83.7 cm³/mol. The van der Waals surface area contributed by atoms with Gasteiger partial charge in [0.15, 0.2) is 0 Å². The number of hydrazone groups is 1. The molecule has 1 aliphatic carbocycles. The van der Waals surface area contributed by atoms with Crippen LogP contribution in [0.25, 0.3) is 5.69 Å². The van der Waals surface area contributed by atoms with Crippen LogP contribution in [0.2, 0.25) is 0 Å². The first-order chi connectivity index (χ1) is 10.2. The van der Waals surface area contributed by atoms with E-state index < -0.39 is 0 Å². The zero-order chi connectivity index (χ0) is 14.7. The van der Waals surface area contributed by atoms with Crippen LogP contribution >= 0.6 is 0 Å². The van der Waals surface area contributed by atoms with E-state index in [1.54, 1.807) is 6.07 Å². The highest BCUT2D eigenvalue weighted by atomic mass is 16.2. The quantitative estimate of drug-likeness (QED) is 0.861. The van der Waals surface area contributed by atoms with Gasteiger partial charge in [0.05, 0.1) is 17.0 Å². The van der Waals surface area contributed by atoms with Crippen LogP contribution in [0.1, 0.15) is 30.1 Å². The van der Waals surface area contributed by atoms with Crippen LogP contribution in [0, 0.1) is 0 Å². The number of carbonyl (C=O) groups is 1. The largest absolute Gasteiger partial charge is 0.323 e. The minimum absolute atomic E-state index is 0.190. The highest BCUT2D eigenvalue weighted by Crippen LogP contribution is 2.16. The van der Waals surface area contributed by atoms with E-state index in [4.69, 9.17) is 0 Å². The van der Waals surface area contributed by atoms with Crippen LogP contribution in [0.4, 0.5) is 0 Å². The second kappa shape index (κ2) is 5.79. The van der Waals surface area contributed by atoms with E-state index in [0.29, 0.717) is 5.56 Å². The number of hydrogen-bond acceptors (Lipinski definition) is 2. The molecule has 0 saturated carbocycles. The maximum Gasteiger partial charge on any atom is 0.273 e. The molecule has 1 amide bonds. The molecule has 3 rings (SSSR count). The minimum Gasteiger partial charge on any atom is -0.323 e. The zero-order valence-corrected chi connectivity index (χ0v) is 11.9. The van der Waals surface area contributed by atoms with Gasteiger partial charge in [0.2, 0.25) is 0 Å². The van der Waals surface area contributed by atoms with Gasteiger partial charge in [0.25, 0.3) is 5.91 Å². The van der Waals surface area contributed by atoms with Gasteiger partial charge >= 0.3 is 0 Å². The Kier molecular flexibility index (Phi) is 3.69. The van der Waals surface area contributed by atoms with Crippen molar-refractivity contribution in [2.75, 3.05) is 0 Å². The first-order valence-corrected chi connectivity index (χ1v) is 7.00. The number of hydrogen-bond donors (Lipinski definition) is 1. The molecule has 0 aliphatic heterocycles. The number of rotatable bonds is 3. The number of allylic oxidation sites excluding steroid dienone is 2. The molecule has 4 heteroatoms. The Bertz CT molecular complexity index is 711. The summed E-state index contributed by atoms with van der Waals surface area (Å²) < 4.78 is 1.92. The molecule has 0 bridgehead atoms. The summed E-state index contributed by atoms with van der Waals surface area (Å²) in [6.45, 7) is 2.08. The first kappa shape index (κ1) is 13.4. The number of aromatic nitrogens is 1. The van der Waals surface area contributed by atoms with Crippen molar-refractivity contribution >= 4 is 11.6 Å². The number of nitrogens with one attached hydrogen (secondary N) is 1. The number of amides is 1. The Morgan fingerprint density at radius 3 is 2.62 bits per heavy atom. The molecule has 1 aromatic heterocycles. The fraction of sp³-hybridized carbons (Fsp3) is 0.176. The fourth-order valence-electron chi connectivity index (χ4n) is 2.41. The van der Waals surface area contributed by atoms with Gasteiger partial charge in [-0.3, -0.25) is 4.79 Å². The maximum absolute atomic E-state index is 12.3. The Hall–Kier alpha value is -2.62. The van der Waals surface area contributed by atoms with Crippen molar-refractivity contribution in [2.45, 2.75) is 19.8 Å². The normalized spacial score (nSPS) is 16.0. The first-order valence-electron chi connectivity index (χ1n) is 7.00. The van der Waals surface area contributed by atoms with E-state index in [0.717, 1.165) is 24.2 Å². The number of nitrogens with zero attached hydrogens (tertiary/aromatic N) is 2. The molecular formula is C17H17N3O. The van der Waals surface area contributed by atoms with E-state index in [-0.39, 0.29) is 5.91 Å². The molecule has 0 unspecified atom stereocenters. The van der Waals surface area contributed by atoms with Crippen LogP contribution in [0.5, 0.6) is 0 Å². The van der Waals surface area contributed by atoms with Crippen molar-refractivity contribution in [3.8, 4) is 5.69 Å². The Morgan fingerprint density at radius 1 is 1.14 bits per heavy atom. The van der Waals surface area contributed by atoms with Crippen LogP contribution in [-0.2, 0) is 0 Å². The highest BCUT2D eigenvalue weighted by molar-refractivity contribution is 6.01. The molecule has 0 spiro atoms. The average molecular weight is 279 g/mol. The van der Waals surface area contributed by atoms with Crippen molar-refractivity contribution in [3.63, 3.8) is 0 Å². The van der Waals surface area contributed by atoms with E-state index in [1.807, 2.05) is 53.4 Å². The summed E-state index contributed by atoms with van der Waals surface area (Å²) in [5.74, 6) is -0.190. The standard InChI is InChI=1S/C17H17N3O/c1-13-8-9-14(12-13)18-19-17(21)15-6-2-3-7-16(15)20-10-4-5-11-20/h2-7,10-12H,8-9H2,1H3,(H,19,21)/b18-14+. The Labute approximate surface area is 123 Å². The van der Waals surface area contributed by atoms with Crippen molar-refractivity contribution in [1.82, 2.24) is 9.99 Å². The minimum atomic E-state index is -0.190. The summed E-state index contributed by atoms with van der Waals surface area (Å²) in [7, 11) is 0. The topological polar surface area (TPSA) is 46.4 Å². The molecule has 0 saturated heterocycles. The highest BCUT2D eigenvalue weighted by Gasteiger charge is 2.12. The molecule has 1 heterocycles. The fourth-order valence-corrected chi connectivity index (χ4v) is 2.41. The van der Waals surface area contributed by atoms with Gasteiger partial charge in [-0.05, 0) is 50.1 Å². The molecule has 0 fully saturated rings. The van der Waals surface area contributed by atoms with E-state index >= 15 is 0 Å². The molecule has 106 valence electrons. The second-order valence-corrected chi connectivity index (χ2v) is 5.14. The van der Waals surface area contributed by atoms with Crippen LogP contribution in [-0.4, -0.2) is 16.2 Å². The van der Waals surface area contributed by atoms with Gasteiger partial charge in [-0.25, -0.2) is 5.43 Å². The number of carbonyl (C=O) groups excluding carboxylic acids is 1. The zero-order valence-electron chi connectivity index (χ0n) is 11.9. The smallest absolute Gasteiger partial charge is 0.273 e. The maximum atomic E-state index is 12.3. The molecule has 4 nitrogen and oxygen atoms in total. The summed E-state index contributed by atoms with van der Waals surface area (Å²) >= 11 is 0. The van der Waals surface area contributed by atoms with Crippen molar-refractivity contribution in [2.24, 2.45) is 5.10 Å². The summed E-state index contributed by atoms with van der Waals surface area (Å²) in [4.78, 5) is 12.3. The third-order valence-corrected chi connectivity index (χ3v) is 3.52. The lowest BCUT2D eigenvalue weighted by atomic mass is 10.1. The SMILES string of the molecule is CC1=C/C(=N/NC(=O)c2ccccc2-n2cccc2)CC1. The molecule has 2 aromatic rings. The summed E-state index contributed by atoms with van der Waals surface area (Å²) in [5.41, 5.74) is 6.34. The third kappa shape index (κ3) is 2.94. The molecule has 1 aromatic carbocycles. The second-order valence-electron chi connectivity index (χ2n) is 5.14. The molecular weight excluding hydrogens is 262 g/mol. The average Bonchev–Trinajstić information content (AvgIpc) is 3.16. The summed E-state index contributed by atoms with van der Waals surface area (Å²) in [5, 5.41) is 4.20. The van der Waals surface area contributed by atoms with Gasteiger partial charge in [-0.1, -0.05) is 17.7 Å². The summed E-state index contributed by atoms with van der Waals surface area (Å²) in [6.07, 6.45) is 7.78. The van der Waals surface area contributed by atoms with Gasteiger partial charge in [0, 0.05) is 12.4 Å².